The summed E-state index contributed by atoms with van der Waals surface area (Å²) < 4.78 is 5.58. The van der Waals surface area contributed by atoms with E-state index in [9.17, 15) is 0 Å². The van der Waals surface area contributed by atoms with Gasteiger partial charge in [-0.05, 0) is 25.4 Å². The molecule has 0 aliphatic carbocycles. The van der Waals surface area contributed by atoms with Crippen LogP contribution in [0.5, 0.6) is 5.75 Å². The zero-order valence-electron chi connectivity index (χ0n) is 9.29. The third kappa shape index (κ3) is 4.36. The van der Waals surface area contributed by atoms with Gasteiger partial charge < -0.3 is 4.74 Å². The summed E-state index contributed by atoms with van der Waals surface area (Å²) in [5.74, 6) is 1.62. The Kier molecular flexibility index (Phi) is 4.58. The monoisotopic (exact) mass is 189 g/mol. The molecule has 0 saturated carbocycles. The summed E-state index contributed by atoms with van der Waals surface area (Å²) in [5, 5.41) is 0. The molecule has 0 spiro atoms. The second-order valence-corrected chi connectivity index (χ2v) is 3.93. The maximum atomic E-state index is 5.58. The molecule has 1 nitrogen and oxygen atoms in total. The zero-order chi connectivity index (χ0) is 10.4. The van der Waals surface area contributed by atoms with E-state index in [-0.39, 0.29) is 0 Å². The molecule has 75 valence electrons. The molecule has 0 fully saturated rings. The van der Waals surface area contributed by atoms with Gasteiger partial charge in [-0.2, -0.15) is 0 Å². The summed E-state index contributed by atoms with van der Waals surface area (Å²) >= 11 is 0. The Morgan fingerprint density at radius 2 is 1.86 bits per heavy atom. The Balaban J connectivity index is 2.21. The van der Waals surface area contributed by atoms with E-state index in [4.69, 9.17) is 4.74 Å². The lowest BCUT2D eigenvalue weighted by atomic mass is 9.64. The molecule has 0 amide bonds. The van der Waals surface area contributed by atoms with Crippen LogP contribution in [0.25, 0.3) is 0 Å². The van der Waals surface area contributed by atoms with E-state index in [2.05, 4.69) is 40.2 Å². The van der Waals surface area contributed by atoms with Crippen molar-refractivity contribution in [3.8, 4) is 5.75 Å². The van der Waals surface area contributed by atoms with Crippen molar-refractivity contribution >= 4 is 7.28 Å². The maximum Gasteiger partial charge on any atom is 0.119 e. The van der Waals surface area contributed by atoms with Gasteiger partial charge in [-0.25, -0.2) is 0 Å². The first-order valence-electron chi connectivity index (χ1n) is 5.21. The number of rotatable bonds is 5. The molecular formula is C12H18BO. The van der Waals surface area contributed by atoms with Crippen LogP contribution in [-0.2, 0) is 0 Å². The largest absolute Gasteiger partial charge is 0.494 e. The number of aryl methyl sites for hydroxylation is 1. The van der Waals surface area contributed by atoms with Gasteiger partial charge in [-0.1, -0.05) is 37.4 Å². The van der Waals surface area contributed by atoms with Crippen LogP contribution in [0.4, 0.5) is 0 Å². The third-order valence-corrected chi connectivity index (χ3v) is 2.05. The molecule has 1 aromatic carbocycles. The first-order valence-corrected chi connectivity index (χ1v) is 5.21. The van der Waals surface area contributed by atoms with Crippen LogP contribution >= 0.6 is 0 Å². The average Bonchev–Trinajstić information content (AvgIpc) is 2.15. The quantitative estimate of drug-likeness (QED) is 0.509. The Labute approximate surface area is 87.7 Å². The van der Waals surface area contributed by atoms with Crippen molar-refractivity contribution in [1.29, 1.82) is 0 Å². The van der Waals surface area contributed by atoms with Gasteiger partial charge in [-0.3, -0.25) is 0 Å². The van der Waals surface area contributed by atoms with Crippen molar-refractivity contribution in [3.05, 3.63) is 29.8 Å². The summed E-state index contributed by atoms with van der Waals surface area (Å²) in [6.07, 6.45) is 1.02. The summed E-state index contributed by atoms with van der Waals surface area (Å²) in [5.41, 5.74) is 1.27. The van der Waals surface area contributed by atoms with Crippen LogP contribution in [0.15, 0.2) is 24.3 Å². The van der Waals surface area contributed by atoms with Gasteiger partial charge in [0.1, 0.15) is 13.0 Å². The molecule has 14 heavy (non-hydrogen) atoms. The highest BCUT2D eigenvalue weighted by molar-refractivity contribution is 6.37. The molecule has 0 aliphatic rings. The van der Waals surface area contributed by atoms with Crippen molar-refractivity contribution < 1.29 is 4.74 Å². The molecule has 0 saturated heterocycles. The van der Waals surface area contributed by atoms with E-state index in [0.29, 0.717) is 5.82 Å². The van der Waals surface area contributed by atoms with Crippen LogP contribution in [0.3, 0.4) is 0 Å². The molecule has 1 aromatic rings. The van der Waals surface area contributed by atoms with Crippen LogP contribution in [0.1, 0.15) is 19.4 Å². The second-order valence-electron chi connectivity index (χ2n) is 3.93. The second kappa shape index (κ2) is 5.74. The molecule has 2 heteroatoms. The number of ether oxygens (including phenoxy) is 1. The van der Waals surface area contributed by atoms with Crippen LogP contribution in [0, 0.1) is 6.92 Å². The first-order chi connectivity index (χ1) is 6.68. The van der Waals surface area contributed by atoms with Crippen molar-refractivity contribution in [2.75, 3.05) is 6.61 Å². The zero-order valence-corrected chi connectivity index (χ0v) is 9.29. The number of benzene rings is 1. The van der Waals surface area contributed by atoms with Gasteiger partial charge in [-0.15, -0.1) is 0 Å². The van der Waals surface area contributed by atoms with E-state index in [0.717, 1.165) is 18.7 Å². The van der Waals surface area contributed by atoms with E-state index < -0.39 is 0 Å². The smallest absolute Gasteiger partial charge is 0.119 e. The fourth-order valence-corrected chi connectivity index (χ4v) is 1.21. The van der Waals surface area contributed by atoms with Crippen LogP contribution in [-0.4, -0.2) is 13.9 Å². The van der Waals surface area contributed by atoms with E-state index in [1.165, 1.54) is 5.56 Å². The Morgan fingerprint density at radius 3 is 2.43 bits per heavy atom. The van der Waals surface area contributed by atoms with Crippen molar-refractivity contribution in [2.24, 2.45) is 0 Å². The highest BCUT2D eigenvalue weighted by Crippen LogP contribution is 2.11. The number of hydrogen-bond donors (Lipinski definition) is 0. The van der Waals surface area contributed by atoms with Crippen molar-refractivity contribution in [2.45, 2.75) is 32.9 Å². The Morgan fingerprint density at radius 1 is 1.21 bits per heavy atom. The molecule has 0 N–H and O–H groups in total. The lowest BCUT2D eigenvalue weighted by molar-refractivity contribution is 0.339. The maximum absolute atomic E-state index is 5.58. The van der Waals surface area contributed by atoms with E-state index in [1.54, 1.807) is 0 Å². The minimum atomic E-state index is 0.650. The third-order valence-electron chi connectivity index (χ3n) is 2.05. The molecule has 1 radical (unpaired) electrons. The van der Waals surface area contributed by atoms with Crippen molar-refractivity contribution in [1.82, 2.24) is 0 Å². The first kappa shape index (κ1) is 11.2. The molecule has 0 bridgehead atoms. The normalized spacial score (nSPS) is 10.3. The van der Waals surface area contributed by atoms with Crippen LogP contribution < -0.4 is 4.74 Å². The molecular weight excluding hydrogens is 171 g/mol. The highest BCUT2D eigenvalue weighted by Gasteiger charge is 1.97. The minimum Gasteiger partial charge on any atom is -0.494 e. The van der Waals surface area contributed by atoms with Crippen LogP contribution in [0.2, 0.25) is 12.1 Å². The lowest BCUT2D eigenvalue weighted by Crippen LogP contribution is -2.03. The fraction of sp³-hybridized carbons (Fsp3) is 0.500. The van der Waals surface area contributed by atoms with Gasteiger partial charge in [0.25, 0.3) is 0 Å². The van der Waals surface area contributed by atoms with Gasteiger partial charge in [0.15, 0.2) is 0 Å². The number of hydrogen-bond acceptors (Lipinski definition) is 1. The highest BCUT2D eigenvalue weighted by atomic mass is 16.5. The van der Waals surface area contributed by atoms with Gasteiger partial charge in [0, 0.05) is 0 Å². The summed E-state index contributed by atoms with van der Waals surface area (Å²) in [4.78, 5) is 0. The molecule has 0 atom stereocenters. The molecule has 0 unspecified atom stereocenters. The van der Waals surface area contributed by atoms with Gasteiger partial charge in [0.2, 0.25) is 0 Å². The molecule has 0 aromatic heterocycles. The Hall–Kier alpha value is -0.915. The average molecular weight is 189 g/mol. The summed E-state index contributed by atoms with van der Waals surface area (Å²) in [6, 6.07) is 8.18. The molecule has 1 rings (SSSR count). The predicted molar refractivity (Wildman–Crippen MR) is 62.3 cm³/mol. The summed E-state index contributed by atoms with van der Waals surface area (Å²) in [6.45, 7) is 7.23. The lowest BCUT2D eigenvalue weighted by Gasteiger charge is -2.06. The Bertz CT molecular complexity index is 254. The van der Waals surface area contributed by atoms with Gasteiger partial charge >= 0.3 is 0 Å². The fourth-order valence-electron chi connectivity index (χ4n) is 1.21. The van der Waals surface area contributed by atoms with Gasteiger partial charge in [0.05, 0.1) is 6.61 Å². The van der Waals surface area contributed by atoms with E-state index >= 15 is 0 Å². The SMILES string of the molecule is Cc1ccc(OCC[B]C(C)C)cc1. The standard InChI is InChI=1S/C12H18BO/c1-10(2)13-8-9-14-12-6-4-11(3)5-7-12/h4-7,10H,8-9H2,1-3H3. The summed E-state index contributed by atoms with van der Waals surface area (Å²) in [7, 11) is 2.27. The molecule has 0 aliphatic heterocycles. The molecule has 0 heterocycles. The van der Waals surface area contributed by atoms with E-state index in [1.807, 2.05) is 12.1 Å². The predicted octanol–water partition coefficient (Wildman–Crippen LogP) is 3.32. The van der Waals surface area contributed by atoms with Crippen molar-refractivity contribution in [3.63, 3.8) is 0 Å². The topological polar surface area (TPSA) is 9.23 Å². The minimum absolute atomic E-state index is 0.650.